The fourth-order valence-electron chi connectivity index (χ4n) is 2.82. The highest BCUT2D eigenvalue weighted by Gasteiger charge is 2.27. The average molecular weight is 378 g/mol. The van der Waals surface area contributed by atoms with Gasteiger partial charge in [-0.2, -0.15) is 5.10 Å². The molecule has 6 heteroatoms. The molecule has 1 aliphatic heterocycles. The standard InChI is InChI=1S/C21H18N2O3S/c1-27-17-8-6-14(7-9-17)12-22-23-21(24)20-13-25-18-10-15-4-2-3-5-16(15)11-19(18)26-20/h2-12,20H,13H2,1H3,(H,23,24)/t20-/m1/s1. The van der Waals surface area contributed by atoms with Crippen LogP contribution < -0.4 is 14.9 Å². The van der Waals surface area contributed by atoms with Crippen LogP contribution in [0.1, 0.15) is 5.56 Å². The van der Waals surface area contributed by atoms with Gasteiger partial charge >= 0.3 is 0 Å². The minimum absolute atomic E-state index is 0.148. The number of hydrogen-bond donors (Lipinski definition) is 1. The summed E-state index contributed by atoms with van der Waals surface area (Å²) in [5.74, 6) is 0.873. The summed E-state index contributed by atoms with van der Waals surface area (Å²) in [6.45, 7) is 0.148. The molecule has 0 aromatic heterocycles. The maximum Gasteiger partial charge on any atom is 0.284 e. The fraction of sp³-hybridized carbons (Fsp3) is 0.143. The molecule has 27 heavy (non-hydrogen) atoms. The number of nitrogens with one attached hydrogen (secondary N) is 1. The van der Waals surface area contributed by atoms with E-state index < -0.39 is 6.10 Å². The van der Waals surface area contributed by atoms with Gasteiger partial charge in [-0.3, -0.25) is 4.79 Å². The molecule has 5 nitrogen and oxygen atoms in total. The number of hydrazone groups is 1. The van der Waals surface area contributed by atoms with Crippen LogP contribution in [0.4, 0.5) is 0 Å². The van der Waals surface area contributed by atoms with Crippen LogP contribution in [0.25, 0.3) is 10.8 Å². The minimum atomic E-state index is -0.741. The lowest BCUT2D eigenvalue weighted by atomic mass is 10.1. The number of benzene rings is 3. The number of fused-ring (bicyclic) bond motifs is 2. The van der Waals surface area contributed by atoms with Gasteiger partial charge in [-0.1, -0.05) is 36.4 Å². The van der Waals surface area contributed by atoms with Crippen molar-refractivity contribution in [3.05, 3.63) is 66.2 Å². The minimum Gasteiger partial charge on any atom is -0.485 e. The van der Waals surface area contributed by atoms with E-state index in [0.29, 0.717) is 11.5 Å². The number of carbonyl (C=O) groups excluding carboxylic acids is 1. The molecule has 3 aromatic rings. The molecule has 0 aliphatic carbocycles. The van der Waals surface area contributed by atoms with Gasteiger partial charge < -0.3 is 9.47 Å². The number of carbonyl (C=O) groups is 1. The van der Waals surface area contributed by atoms with Crippen LogP contribution in [-0.2, 0) is 4.79 Å². The van der Waals surface area contributed by atoms with Crippen molar-refractivity contribution in [2.45, 2.75) is 11.0 Å². The predicted molar refractivity (Wildman–Crippen MR) is 108 cm³/mol. The molecule has 1 heterocycles. The van der Waals surface area contributed by atoms with Crippen LogP contribution in [0, 0.1) is 0 Å². The monoisotopic (exact) mass is 378 g/mol. The molecule has 3 aromatic carbocycles. The van der Waals surface area contributed by atoms with Crippen molar-refractivity contribution in [2.24, 2.45) is 5.10 Å². The van der Waals surface area contributed by atoms with E-state index >= 15 is 0 Å². The molecule has 0 unspecified atom stereocenters. The third kappa shape index (κ3) is 3.90. The van der Waals surface area contributed by atoms with Crippen LogP contribution >= 0.6 is 11.8 Å². The Balaban J connectivity index is 1.41. The molecule has 4 rings (SSSR count). The third-order valence-electron chi connectivity index (χ3n) is 4.27. The van der Waals surface area contributed by atoms with Crippen LogP contribution in [0.5, 0.6) is 11.5 Å². The maximum absolute atomic E-state index is 12.3. The van der Waals surface area contributed by atoms with Gasteiger partial charge in [-0.25, -0.2) is 5.43 Å². The first kappa shape index (κ1) is 17.4. The highest BCUT2D eigenvalue weighted by atomic mass is 32.2. The Hall–Kier alpha value is -2.99. The van der Waals surface area contributed by atoms with Crippen LogP contribution in [-0.4, -0.2) is 31.1 Å². The van der Waals surface area contributed by atoms with Gasteiger partial charge in [-0.15, -0.1) is 11.8 Å². The Morgan fingerprint density at radius 2 is 1.81 bits per heavy atom. The quantitative estimate of drug-likeness (QED) is 0.426. The van der Waals surface area contributed by atoms with Crippen molar-refractivity contribution in [1.82, 2.24) is 5.43 Å². The molecular weight excluding hydrogens is 360 g/mol. The van der Waals surface area contributed by atoms with Crippen molar-refractivity contribution in [3.63, 3.8) is 0 Å². The second-order valence-electron chi connectivity index (χ2n) is 6.07. The lowest BCUT2D eigenvalue weighted by Crippen LogP contribution is -2.42. The number of thioether (sulfide) groups is 1. The molecule has 0 fully saturated rings. The second-order valence-corrected chi connectivity index (χ2v) is 6.95. The highest BCUT2D eigenvalue weighted by Crippen LogP contribution is 2.35. The Morgan fingerprint density at radius 1 is 1.11 bits per heavy atom. The zero-order valence-corrected chi connectivity index (χ0v) is 15.5. The number of rotatable bonds is 4. The van der Waals surface area contributed by atoms with Gasteiger partial charge in [0.2, 0.25) is 6.10 Å². The number of ether oxygens (including phenoxy) is 2. The van der Waals surface area contributed by atoms with Gasteiger partial charge in [0.1, 0.15) is 6.61 Å². The molecule has 0 saturated heterocycles. The summed E-state index contributed by atoms with van der Waals surface area (Å²) in [7, 11) is 0. The first-order valence-electron chi connectivity index (χ1n) is 8.52. The number of nitrogens with zero attached hydrogens (tertiary/aromatic N) is 1. The fourth-order valence-corrected chi connectivity index (χ4v) is 3.23. The first-order valence-corrected chi connectivity index (χ1v) is 9.74. The van der Waals surface area contributed by atoms with Crippen LogP contribution in [0.2, 0.25) is 0 Å². The van der Waals surface area contributed by atoms with Gasteiger partial charge in [0.25, 0.3) is 5.91 Å². The first-order chi connectivity index (χ1) is 13.2. The van der Waals surface area contributed by atoms with Crippen LogP contribution in [0.3, 0.4) is 0 Å². The summed E-state index contributed by atoms with van der Waals surface area (Å²) in [6.07, 6.45) is 2.89. The maximum atomic E-state index is 12.3. The van der Waals surface area contributed by atoms with Crippen molar-refractivity contribution in [2.75, 3.05) is 12.9 Å². The summed E-state index contributed by atoms with van der Waals surface area (Å²) >= 11 is 1.68. The predicted octanol–water partition coefficient (Wildman–Crippen LogP) is 3.85. The molecule has 0 radical (unpaired) electrons. The summed E-state index contributed by atoms with van der Waals surface area (Å²) < 4.78 is 11.5. The number of amides is 1. The topological polar surface area (TPSA) is 59.9 Å². The lowest BCUT2D eigenvalue weighted by molar-refractivity contribution is -0.130. The zero-order valence-electron chi connectivity index (χ0n) is 14.7. The highest BCUT2D eigenvalue weighted by molar-refractivity contribution is 7.98. The van der Waals surface area contributed by atoms with E-state index in [-0.39, 0.29) is 12.5 Å². The average Bonchev–Trinajstić information content (AvgIpc) is 2.72. The summed E-state index contributed by atoms with van der Waals surface area (Å²) in [6, 6.07) is 19.7. The van der Waals surface area contributed by atoms with Crippen molar-refractivity contribution in [3.8, 4) is 11.5 Å². The Bertz CT molecular complexity index is 1000. The zero-order chi connectivity index (χ0) is 18.6. The molecule has 0 spiro atoms. The molecule has 1 atom stereocenters. The largest absolute Gasteiger partial charge is 0.485 e. The van der Waals surface area contributed by atoms with Crippen molar-refractivity contribution in [1.29, 1.82) is 0 Å². The summed E-state index contributed by atoms with van der Waals surface area (Å²) in [5, 5.41) is 6.12. The molecule has 0 saturated carbocycles. The van der Waals surface area contributed by atoms with E-state index in [4.69, 9.17) is 9.47 Å². The van der Waals surface area contributed by atoms with Crippen LogP contribution in [0.15, 0.2) is 70.7 Å². The summed E-state index contributed by atoms with van der Waals surface area (Å²) in [5.41, 5.74) is 3.43. The van der Waals surface area contributed by atoms with E-state index in [1.54, 1.807) is 18.0 Å². The molecule has 1 amide bonds. The van der Waals surface area contributed by atoms with E-state index in [2.05, 4.69) is 10.5 Å². The number of hydrogen-bond acceptors (Lipinski definition) is 5. The van der Waals surface area contributed by atoms with E-state index in [9.17, 15) is 4.79 Å². The van der Waals surface area contributed by atoms with E-state index in [1.807, 2.05) is 66.9 Å². The van der Waals surface area contributed by atoms with Gasteiger partial charge in [0.15, 0.2) is 11.5 Å². The molecule has 1 N–H and O–H groups in total. The van der Waals surface area contributed by atoms with E-state index in [0.717, 1.165) is 16.3 Å². The lowest BCUT2D eigenvalue weighted by Gasteiger charge is -2.25. The SMILES string of the molecule is CSc1ccc(C=NNC(=O)[C@H]2COc3cc4ccccc4cc3O2)cc1. The molecular formula is C21H18N2O3S. The van der Waals surface area contributed by atoms with Gasteiger partial charge in [0.05, 0.1) is 6.21 Å². The Kier molecular flexibility index (Phi) is 4.98. The molecule has 1 aliphatic rings. The summed E-state index contributed by atoms with van der Waals surface area (Å²) in [4.78, 5) is 13.5. The second kappa shape index (κ2) is 7.72. The van der Waals surface area contributed by atoms with Crippen molar-refractivity contribution >= 4 is 34.7 Å². The molecule has 136 valence electrons. The Labute approximate surface area is 161 Å². The normalized spacial score (nSPS) is 15.8. The Morgan fingerprint density at radius 3 is 2.52 bits per heavy atom. The third-order valence-corrected chi connectivity index (χ3v) is 5.01. The smallest absolute Gasteiger partial charge is 0.284 e. The van der Waals surface area contributed by atoms with E-state index in [1.165, 1.54) is 4.90 Å². The van der Waals surface area contributed by atoms with Gasteiger partial charge in [-0.05, 0) is 46.9 Å². The van der Waals surface area contributed by atoms with Gasteiger partial charge in [0, 0.05) is 4.90 Å². The van der Waals surface area contributed by atoms with Crippen molar-refractivity contribution < 1.29 is 14.3 Å². The molecule has 0 bridgehead atoms.